The third-order valence-electron chi connectivity index (χ3n) is 1.37. The number of methoxy groups -OCH3 is 1. The highest BCUT2D eigenvalue weighted by Gasteiger charge is 2.15. The van der Waals surface area contributed by atoms with Crippen LogP contribution in [0.4, 0.5) is 0 Å². The summed E-state index contributed by atoms with van der Waals surface area (Å²) in [5.74, 6) is -0.417. The van der Waals surface area contributed by atoms with Gasteiger partial charge in [-0.3, -0.25) is 0 Å². The number of aromatic nitrogens is 1. The predicted octanol–water partition coefficient (Wildman–Crippen LogP) is 0.697. The molecule has 1 heterocycles. The summed E-state index contributed by atoms with van der Waals surface area (Å²) in [6.45, 7) is 2.16. The molecule has 1 aromatic heterocycles. The van der Waals surface area contributed by atoms with Gasteiger partial charge in [-0.15, -0.1) is 11.3 Å². The Balaban J connectivity index is 3.04. The van der Waals surface area contributed by atoms with E-state index in [1.807, 2.05) is 6.92 Å². The van der Waals surface area contributed by atoms with Gasteiger partial charge in [0.25, 0.3) is 0 Å². The van der Waals surface area contributed by atoms with Gasteiger partial charge in [0.15, 0.2) is 5.69 Å². The minimum absolute atomic E-state index is 0.329. The van der Waals surface area contributed by atoms with E-state index in [1.54, 1.807) is 0 Å². The van der Waals surface area contributed by atoms with Crippen molar-refractivity contribution in [1.82, 2.24) is 4.98 Å². The van der Waals surface area contributed by atoms with Crippen LogP contribution in [0.3, 0.4) is 0 Å². The maximum atomic E-state index is 11.1. The minimum atomic E-state index is -0.417. The van der Waals surface area contributed by atoms with Crippen LogP contribution >= 0.6 is 11.3 Å². The van der Waals surface area contributed by atoms with Crippen LogP contribution in [-0.4, -0.2) is 18.1 Å². The molecular weight excluding hydrogens is 176 g/mol. The lowest BCUT2D eigenvalue weighted by atomic mass is 10.3. The molecule has 0 amide bonds. The summed E-state index contributed by atoms with van der Waals surface area (Å²) in [6.07, 6.45) is 0. The molecule has 0 unspecified atom stereocenters. The lowest BCUT2D eigenvalue weighted by molar-refractivity contribution is 0.0593. The molecule has 66 valence electrons. The largest absolute Gasteiger partial charge is 0.464 e. The zero-order chi connectivity index (χ0) is 9.14. The summed E-state index contributed by atoms with van der Waals surface area (Å²) in [4.78, 5) is 15.9. The van der Waals surface area contributed by atoms with Gasteiger partial charge >= 0.3 is 5.97 Å². The fraction of sp³-hybridized carbons (Fsp3) is 0.429. The Kier molecular flexibility index (Phi) is 2.78. The Morgan fingerprint density at radius 3 is 2.92 bits per heavy atom. The number of aryl methyl sites for hydroxylation is 1. The quantitative estimate of drug-likeness (QED) is 0.690. The van der Waals surface area contributed by atoms with Crippen molar-refractivity contribution in [3.05, 3.63) is 15.6 Å². The molecule has 0 atom stereocenters. The molecule has 12 heavy (non-hydrogen) atoms. The molecule has 0 aliphatic heterocycles. The Morgan fingerprint density at radius 1 is 1.75 bits per heavy atom. The molecule has 0 fully saturated rings. The molecule has 0 saturated heterocycles. The average molecular weight is 186 g/mol. The summed E-state index contributed by atoms with van der Waals surface area (Å²) in [5, 5.41) is 0.829. The molecule has 0 aliphatic rings. The zero-order valence-electron chi connectivity index (χ0n) is 6.96. The first-order chi connectivity index (χ1) is 5.69. The van der Waals surface area contributed by atoms with E-state index in [1.165, 1.54) is 18.4 Å². The summed E-state index contributed by atoms with van der Waals surface area (Å²) < 4.78 is 4.54. The van der Waals surface area contributed by atoms with Gasteiger partial charge in [-0.2, -0.15) is 0 Å². The van der Waals surface area contributed by atoms with Crippen LogP contribution in [-0.2, 0) is 11.3 Å². The van der Waals surface area contributed by atoms with Crippen LogP contribution in [0.2, 0.25) is 0 Å². The SMILES string of the molecule is COC(=O)c1nc(C)sc1CN. The second-order valence-electron chi connectivity index (χ2n) is 2.20. The Labute approximate surface area is 74.4 Å². The number of nitrogens with zero attached hydrogens (tertiary/aromatic N) is 1. The molecule has 4 nitrogen and oxygen atoms in total. The third kappa shape index (κ3) is 1.62. The van der Waals surface area contributed by atoms with E-state index >= 15 is 0 Å². The number of rotatable bonds is 2. The molecule has 0 radical (unpaired) electrons. The monoisotopic (exact) mass is 186 g/mol. The number of hydrogen-bond donors (Lipinski definition) is 1. The Hall–Kier alpha value is -0.940. The van der Waals surface area contributed by atoms with Crippen molar-refractivity contribution in [3.8, 4) is 0 Å². The maximum absolute atomic E-state index is 11.1. The number of esters is 1. The molecule has 0 aromatic carbocycles. The van der Waals surface area contributed by atoms with E-state index in [0.29, 0.717) is 12.2 Å². The molecule has 2 N–H and O–H groups in total. The first kappa shape index (κ1) is 9.15. The highest BCUT2D eigenvalue weighted by Crippen LogP contribution is 2.17. The molecule has 5 heteroatoms. The van der Waals surface area contributed by atoms with Crippen LogP contribution in [0, 0.1) is 6.92 Å². The summed E-state index contributed by atoms with van der Waals surface area (Å²) in [7, 11) is 1.33. The highest BCUT2D eigenvalue weighted by atomic mass is 32.1. The molecule has 1 aromatic rings. The van der Waals surface area contributed by atoms with Crippen molar-refractivity contribution in [2.24, 2.45) is 5.73 Å². The fourth-order valence-electron chi connectivity index (χ4n) is 0.864. The van der Waals surface area contributed by atoms with Crippen molar-refractivity contribution in [2.75, 3.05) is 7.11 Å². The number of ether oxygens (including phenoxy) is 1. The topological polar surface area (TPSA) is 65.2 Å². The normalized spacial score (nSPS) is 9.92. The Morgan fingerprint density at radius 2 is 2.42 bits per heavy atom. The summed E-state index contributed by atoms with van der Waals surface area (Å²) in [6, 6.07) is 0. The second-order valence-corrected chi connectivity index (χ2v) is 3.49. The van der Waals surface area contributed by atoms with Gasteiger partial charge in [-0.1, -0.05) is 0 Å². The van der Waals surface area contributed by atoms with Gasteiger partial charge in [0, 0.05) is 6.54 Å². The number of nitrogens with two attached hydrogens (primary N) is 1. The first-order valence-electron chi connectivity index (χ1n) is 3.43. The van der Waals surface area contributed by atoms with E-state index in [4.69, 9.17) is 5.73 Å². The molecule has 0 bridgehead atoms. The summed E-state index contributed by atoms with van der Waals surface area (Å²) >= 11 is 1.42. The minimum Gasteiger partial charge on any atom is -0.464 e. The predicted molar refractivity (Wildman–Crippen MR) is 46.1 cm³/mol. The maximum Gasteiger partial charge on any atom is 0.357 e. The molecular formula is C7H10N2O2S. The first-order valence-corrected chi connectivity index (χ1v) is 4.25. The second kappa shape index (κ2) is 3.64. The van der Waals surface area contributed by atoms with Gasteiger partial charge in [-0.05, 0) is 6.92 Å². The average Bonchev–Trinajstić information content (AvgIpc) is 2.45. The lowest BCUT2D eigenvalue weighted by Gasteiger charge is -1.95. The summed E-state index contributed by atoms with van der Waals surface area (Å²) in [5.41, 5.74) is 5.77. The van der Waals surface area contributed by atoms with Gasteiger partial charge < -0.3 is 10.5 Å². The van der Waals surface area contributed by atoms with Crippen LogP contribution in [0.5, 0.6) is 0 Å². The number of carbonyl (C=O) groups excluding carboxylic acids is 1. The van der Waals surface area contributed by atoms with E-state index in [9.17, 15) is 4.79 Å². The molecule has 1 rings (SSSR count). The fourth-order valence-corrected chi connectivity index (χ4v) is 1.67. The van der Waals surface area contributed by atoms with Crippen molar-refractivity contribution >= 4 is 17.3 Å². The molecule has 0 aliphatic carbocycles. The zero-order valence-corrected chi connectivity index (χ0v) is 7.77. The van der Waals surface area contributed by atoms with Gasteiger partial charge in [0.2, 0.25) is 0 Å². The smallest absolute Gasteiger partial charge is 0.357 e. The van der Waals surface area contributed by atoms with Crippen molar-refractivity contribution in [2.45, 2.75) is 13.5 Å². The van der Waals surface area contributed by atoms with E-state index in [0.717, 1.165) is 9.88 Å². The van der Waals surface area contributed by atoms with Crippen molar-refractivity contribution in [1.29, 1.82) is 0 Å². The van der Waals surface area contributed by atoms with Gasteiger partial charge in [-0.25, -0.2) is 9.78 Å². The van der Waals surface area contributed by atoms with Gasteiger partial charge in [0.1, 0.15) is 0 Å². The highest BCUT2D eigenvalue weighted by molar-refractivity contribution is 7.11. The molecule has 0 saturated carbocycles. The van der Waals surface area contributed by atoms with Gasteiger partial charge in [0.05, 0.1) is 17.0 Å². The van der Waals surface area contributed by atoms with Crippen molar-refractivity contribution < 1.29 is 9.53 Å². The van der Waals surface area contributed by atoms with Crippen LogP contribution < -0.4 is 5.73 Å². The number of thiazole rings is 1. The Bertz CT molecular complexity index is 296. The van der Waals surface area contributed by atoms with Crippen LogP contribution in [0.15, 0.2) is 0 Å². The van der Waals surface area contributed by atoms with Crippen LogP contribution in [0.1, 0.15) is 20.4 Å². The van der Waals surface area contributed by atoms with Crippen LogP contribution in [0.25, 0.3) is 0 Å². The number of carbonyl (C=O) groups is 1. The number of hydrogen-bond acceptors (Lipinski definition) is 5. The van der Waals surface area contributed by atoms with E-state index < -0.39 is 5.97 Å². The lowest BCUT2D eigenvalue weighted by Crippen LogP contribution is -2.07. The van der Waals surface area contributed by atoms with Crippen molar-refractivity contribution in [3.63, 3.8) is 0 Å². The molecule has 0 spiro atoms. The van der Waals surface area contributed by atoms with E-state index in [2.05, 4.69) is 9.72 Å². The van der Waals surface area contributed by atoms with E-state index in [-0.39, 0.29) is 0 Å². The third-order valence-corrected chi connectivity index (χ3v) is 2.36. The standard InChI is InChI=1S/C7H10N2O2S/c1-4-9-6(7(10)11-2)5(3-8)12-4/h3,8H2,1-2H3.